The number of sulfonamides is 1. The third kappa shape index (κ3) is 6.19. The predicted octanol–water partition coefficient (Wildman–Crippen LogP) is 3.78. The van der Waals surface area contributed by atoms with Crippen molar-refractivity contribution in [3.63, 3.8) is 0 Å². The number of carbonyl (C=O) groups is 1. The fourth-order valence-corrected chi connectivity index (χ4v) is 4.22. The van der Waals surface area contributed by atoms with Gasteiger partial charge in [-0.1, -0.05) is 55.8 Å². The van der Waals surface area contributed by atoms with E-state index in [9.17, 15) is 13.2 Å². The van der Waals surface area contributed by atoms with Crippen LogP contribution < -0.4 is 0 Å². The Morgan fingerprint density at radius 1 is 0.963 bits per heavy atom. The Kier molecular flexibility index (Phi) is 8.00. The van der Waals surface area contributed by atoms with Crippen molar-refractivity contribution < 1.29 is 17.9 Å². The first-order valence-corrected chi connectivity index (χ1v) is 10.7. The zero-order valence-corrected chi connectivity index (χ0v) is 16.7. The maximum absolute atomic E-state index is 13.2. The number of carbonyl (C=O) groups excluding carboxylic acids is 1. The van der Waals surface area contributed by atoms with Crippen molar-refractivity contribution in [3.05, 3.63) is 65.7 Å². The molecule has 0 saturated carbocycles. The molecule has 0 radical (unpaired) electrons. The molecule has 0 fully saturated rings. The summed E-state index contributed by atoms with van der Waals surface area (Å²) in [5.74, 6) is -0.399. The van der Waals surface area contributed by atoms with Gasteiger partial charge in [0.2, 0.25) is 10.0 Å². The lowest BCUT2D eigenvalue weighted by Gasteiger charge is -2.22. The molecule has 0 saturated heterocycles. The molecule has 5 nitrogen and oxygen atoms in total. The third-order valence-electron chi connectivity index (χ3n) is 4.17. The van der Waals surface area contributed by atoms with Crippen molar-refractivity contribution in [2.45, 2.75) is 44.6 Å². The van der Waals surface area contributed by atoms with Gasteiger partial charge >= 0.3 is 5.97 Å². The zero-order valence-electron chi connectivity index (χ0n) is 15.9. The van der Waals surface area contributed by atoms with Crippen LogP contribution in [0.5, 0.6) is 0 Å². The van der Waals surface area contributed by atoms with E-state index in [1.807, 2.05) is 42.5 Å². The molecule has 0 spiro atoms. The fraction of sp³-hybridized carbons (Fsp3) is 0.381. The normalized spacial score (nSPS) is 11.5. The van der Waals surface area contributed by atoms with Crippen LogP contribution in [-0.4, -0.2) is 31.8 Å². The van der Waals surface area contributed by atoms with Gasteiger partial charge in [0, 0.05) is 13.1 Å². The van der Waals surface area contributed by atoms with Crippen LogP contribution in [0, 0.1) is 0 Å². The van der Waals surface area contributed by atoms with E-state index in [-0.39, 0.29) is 31.0 Å². The van der Waals surface area contributed by atoms with Gasteiger partial charge in [-0.25, -0.2) is 8.42 Å². The highest BCUT2D eigenvalue weighted by molar-refractivity contribution is 7.89. The summed E-state index contributed by atoms with van der Waals surface area (Å²) in [6.45, 7) is 4.38. The molecule has 0 unspecified atom stereocenters. The number of hydrogen-bond donors (Lipinski definition) is 0. The van der Waals surface area contributed by atoms with Gasteiger partial charge < -0.3 is 4.74 Å². The van der Waals surface area contributed by atoms with Crippen molar-refractivity contribution in [2.75, 3.05) is 13.2 Å². The van der Waals surface area contributed by atoms with E-state index >= 15 is 0 Å². The van der Waals surface area contributed by atoms with Gasteiger partial charge in [0.15, 0.2) is 0 Å². The van der Waals surface area contributed by atoms with Crippen LogP contribution in [0.25, 0.3) is 0 Å². The molecule has 6 heteroatoms. The molecular weight excluding hydrogens is 362 g/mol. The first-order chi connectivity index (χ1) is 13.0. The summed E-state index contributed by atoms with van der Waals surface area (Å²) in [5, 5.41) is 0. The van der Waals surface area contributed by atoms with Crippen LogP contribution in [0.1, 0.15) is 37.8 Å². The topological polar surface area (TPSA) is 63.7 Å². The van der Waals surface area contributed by atoms with Gasteiger partial charge in [0.1, 0.15) is 0 Å². The monoisotopic (exact) mass is 389 g/mol. The summed E-state index contributed by atoms with van der Waals surface area (Å²) in [5.41, 5.74) is 1.98. The molecule has 0 amide bonds. The minimum Gasteiger partial charge on any atom is -0.466 e. The molecule has 0 aliphatic carbocycles. The first kappa shape index (κ1) is 21.1. The van der Waals surface area contributed by atoms with Gasteiger partial charge in [-0.05, 0) is 36.6 Å². The van der Waals surface area contributed by atoms with E-state index in [4.69, 9.17) is 4.74 Å². The Balaban J connectivity index is 2.24. The summed E-state index contributed by atoms with van der Waals surface area (Å²) in [6.07, 6.45) is 1.94. The second-order valence-corrected chi connectivity index (χ2v) is 8.21. The molecule has 146 valence electrons. The van der Waals surface area contributed by atoms with E-state index < -0.39 is 16.0 Å². The van der Waals surface area contributed by atoms with Gasteiger partial charge in [-0.15, -0.1) is 0 Å². The Morgan fingerprint density at radius 3 is 2.22 bits per heavy atom. The van der Waals surface area contributed by atoms with E-state index in [2.05, 4.69) is 6.92 Å². The Morgan fingerprint density at radius 2 is 1.63 bits per heavy atom. The van der Waals surface area contributed by atoms with Crippen molar-refractivity contribution in [3.8, 4) is 0 Å². The lowest BCUT2D eigenvalue weighted by atomic mass is 10.1. The summed E-state index contributed by atoms with van der Waals surface area (Å²) >= 11 is 0. The van der Waals surface area contributed by atoms with Gasteiger partial charge in [0.25, 0.3) is 0 Å². The molecule has 0 aliphatic rings. The number of aryl methyl sites for hydroxylation is 1. The molecule has 0 atom stereocenters. The Bertz CT molecular complexity index is 817. The minimum atomic E-state index is -3.72. The average molecular weight is 390 g/mol. The summed E-state index contributed by atoms with van der Waals surface area (Å²) in [7, 11) is -3.72. The third-order valence-corrected chi connectivity index (χ3v) is 6.03. The molecule has 0 aliphatic heterocycles. The smallest absolute Gasteiger partial charge is 0.307 e. The van der Waals surface area contributed by atoms with E-state index in [0.29, 0.717) is 0 Å². The molecule has 0 heterocycles. The quantitative estimate of drug-likeness (QED) is 0.580. The lowest BCUT2D eigenvalue weighted by molar-refractivity contribution is -0.143. The number of ether oxygens (including phenoxy) is 1. The summed E-state index contributed by atoms with van der Waals surface area (Å²) < 4.78 is 32.6. The molecule has 2 rings (SSSR count). The Labute approximate surface area is 162 Å². The van der Waals surface area contributed by atoms with E-state index in [1.165, 1.54) is 4.31 Å². The number of esters is 1. The predicted molar refractivity (Wildman–Crippen MR) is 106 cm³/mol. The van der Waals surface area contributed by atoms with Crippen LogP contribution in [0.3, 0.4) is 0 Å². The SMILES string of the molecule is CCCc1ccc(S(=O)(=O)N(CCC(=O)OCC)Cc2ccccc2)cc1. The highest BCUT2D eigenvalue weighted by Gasteiger charge is 2.25. The highest BCUT2D eigenvalue weighted by atomic mass is 32.2. The number of rotatable bonds is 10. The van der Waals surface area contributed by atoms with E-state index in [0.717, 1.165) is 24.0 Å². The maximum Gasteiger partial charge on any atom is 0.307 e. The number of benzene rings is 2. The number of hydrogen-bond acceptors (Lipinski definition) is 4. The lowest BCUT2D eigenvalue weighted by Crippen LogP contribution is -2.33. The molecule has 27 heavy (non-hydrogen) atoms. The molecular formula is C21H27NO4S. The van der Waals surface area contributed by atoms with Gasteiger partial charge in [-0.2, -0.15) is 4.31 Å². The van der Waals surface area contributed by atoms with Crippen molar-refractivity contribution in [1.82, 2.24) is 4.31 Å². The van der Waals surface area contributed by atoms with Gasteiger partial charge in [-0.3, -0.25) is 4.79 Å². The minimum absolute atomic E-state index is 0.0216. The van der Waals surface area contributed by atoms with Gasteiger partial charge in [0.05, 0.1) is 17.9 Å². The summed E-state index contributed by atoms with van der Waals surface area (Å²) in [6, 6.07) is 16.3. The van der Waals surface area contributed by atoms with Crippen LogP contribution in [-0.2, 0) is 32.5 Å². The molecule has 0 aromatic heterocycles. The van der Waals surface area contributed by atoms with Crippen LogP contribution in [0.4, 0.5) is 0 Å². The molecule has 2 aromatic carbocycles. The van der Waals surface area contributed by atoms with Crippen LogP contribution >= 0.6 is 0 Å². The molecule has 0 bridgehead atoms. The Hall–Kier alpha value is -2.18. The second kappa shape index (κ2) is 10.2. The summed E-state index contributed by atoms with van der Waals surface area (Å²) in [4.78, 5) is 12.0. The second-order valence-electron chi connectivity index (χ2n) is 6.27. The number of nitrogens with zero attached hydrogens (tertiary/aromatic N) is 1. The van der Waals surface area contributed by atoms with Crippen LogP contribution in [0.2, 0.25) is 0 Å². The largest absolute Gasteiger partial charge is 0.466 e. The fourth-order valence-electron chi connectivity index (χ4n) is 2.79. The molecule has 2 aromatic rings. The average Bonchev–Trinajstić information content (AvgIpc) is 2.67. The van der Waals surface area contributed by atoms with Crippen molar-refractivity contribution in [2.24, 2.45) is 0 Å². The van der Waals surface area contributed by atoms with E-state index in [1.54, 1.807) is 19.1 Å². The standard InChI is InChI=1S/C21H27NO4S/c1-3-8-18-11-13-20(14-12-18)27(24,25)22(16-15-21(23)26-4-2)17-19-9-6-5-7-10-19/h5-7,9-14H,3-4,8,15-17H2,1-2H3. The van der Waals surface area contributed by atoms with Crippen molar-refractivity contribution >= 4 is 16.0 Å². The maximum atomic E-state index is 13.2. The first-order valence-electron chi connectivity index (χ1n) is 9.26. The zero-order chi connectivity index (χ0) is 19.7. The van der Waals surface area contributed by atoms with Crippen molar-refractivity contribution in [1.29, 1.82) is 0 Å². The molecule has 0 N–H and O–H groups in total. The van der Waals surface area contributed by atoms with Crippen LogP contribution in [0.15, 0.2) is 59.5 Å². The highest BCUT2D eigenvalue weighted by Crippen LogP contribution is 2.20.